The van der Waals surface area contributed by atoms with Crippen molar-refractivity contribution in [1.82, 2.24) is 14.5 Å². The van der Waals surface area contributed by atoms with Crippen LogP contribution in [-0.2, 0) is 17.8 Å². The van der Waals surface area contributed by atoms with Gasteiger partial charge in [-0.25, -0.2) is 4.98 Å². The number of hydrogen-bond donors (Lipinski definition) is 0. The van der Waals surface area contributed by atoms with E-state index in [0.29, 0.717) is 6.61 Å². The van der Waals surface area contributed by atoms with Crippen molar-refractivity contribution in [3.8, 4) is 5.75 Å². The predicted molar refractivity (Wildman–Crippen MR) is 119 cm³/mol. The lowest BCUT2D eigenvalue weighted by Crippen LogP contribution is -2.36. The van der Waals surface area contributed by atoms with Crippen LogP contribution in [0.25, 0.3) is 11.0 Å². The molecular formula is C23H30ClN3O2. The van der Waals surface area contributed by atoms with Gasteiger partial charge in [-0.2, -0.15) is 0 Å². The molecule has 5 nitrogen and oxygen atoms in total. The van der Waals surface area contributed by atoms with Gasteiger partial charge in [0.25, 0.3) is 0 Å². The standard InChI is InChI=1S/C23H29N3O2.ClH/c1-18-8-9-19(2)22(16-18)28-13-5-10-26-21-7-4-3-6-20(21)24-23(26)17-25-11-14-27-15-12-25;/h3-4,6-9,16H,5,10-15,17H2,1-2H3;1H. The van der Waals surface area contributed by atoms with E-state index >= 15 is 0 Å². The van der Waals surface area contributed by atoms with Gasteiger partial charge in [0.2, 0.25) is 0 Å². The van der Waals surface area contributed by atoms with Crippen LogP contribution in [0.15, 0.2) is 42.5 Å². The summed E-state index contributed by atoms with van der Waals surface area (Å²) in [4.78, 5) is 7.33. The first-order chi connectivity index (χ1) is 13.7. The number of aromatic nitrogens is 2. The van der Waals surface area contributed by atoms with Crippen molar-refractivity contribution in [3.05, 3.63) is 59.4 Å². The van der Waals surface area contributed by atoms with E-state index in [1.54, 1.807) is 0 Å². The summed E-state index contributed by atoms with van der Waals surface area (Å²) in [6, 6.07) is 14.8. The highest BCUT2D eigenvalue weighted by Crippen LogP contribution is 2.21. The number of morpholine rings is 1. The fourth-order valence-corrected chi connectivity index (χ4v) is 3.72. The molecule has 0 unspecified atom stereocenters. The molecule has 0 radical (unpaired) electrons. The van der Waals surface area contributed by atoms with Crippen LogP contribution in [0.5, 0.6) is 5.75 Å². The van der Waals surface area contributed by atoms with Crippen LogP contribution in [-0.4, -0.2) is 47.4 Å². The maximum absolute atomic E-state index is 6.06. The van der Waals surface area contributed by atoms with Crippen LogP contribution >= 0.6 is 12.4 Å². The summed E-state index contributed by atoms with van der Waals surface area (Å²) < 4.78 is 13.9. The number of nitrogens with zero attached hydrogens (tertiary/aromatic N) is 3. The smallest absolute Gasteiger partial charge is 0.124 e. The molecule has 1 fully saturated rings. The van der Waals surface area contributed by atoms with Crippen LogP contribution in [0.1, 0.15) is 23.4 Å². The fourth-order valence-electron chi connectivity index (χ4n) is 3.72. The normalized spacial score (nSPS) is 14.7. The Kier molecular flexibility index (Phi) is 7.53. The quantitative estimate of drug-likeness (QED) is 0.537. The van der Waals surface area contributed by atoms with E-state index in [4.69, 9.17) is 14.5 Å². The molecule has 2 aromatic carbocycles. The molecular weight excluding hydrogens is 386 g/mol. The van der Waals surface area contributed by atoms with Gasteiger partial charge in [0, 0.05) is 19.6 Å². The lowest BCUT2D eigenvalue weighted by atomic mass is 10.1. The lowest BCUT2D eigenvalue weighted by Gasteiger charge is -2.26. The number of hydrogen-bond acceptors (Lipinski definition) is 4. The zero-order valence-electron chi connectivity index (χ0n) is 17.3. The summed E-state index contributed by atoms with van der Waals surface area (Å²) >= 11 is 0. The summed E-state index contributed by atoms with van der Waals surface area (Å²) in [7, 11) is 0. The Hall–Kier alpha value is -2.08. The van der Waals surface area contributed by atoms with Gasteiger partial charge in [-0.05, 0) is 49.6 Å². The van der Waals surface area contributed by atoms with E-state index in [2.05, 4.69) is 65.8 Å². The predicted octanol–water partition coefficient (Wildman–Crippen LogP) is 4.38. The van der Waals surface area contributed by atoms with Crippen molar-refractivity contribution < 1.29 is 9.47 Å². The zero-order chi connectivity index (χ0) is 19.3. The van der Waals surface area contributed by atoms with Gasteiger partial charge in [0.05, 0.1) is 37.4 Å². The van der Waals surface area contributed by atoms with Crippen LogP contribution in [0, 0.1) is 13.8 Å². The third kappa shape index (κ3) is 5.30. The number of imidazole rings is 1. The molecule has 4 rings (SSSR count). The first kappa shape index (κ1) is 21.6. The maximum Gasteiger partial charge on any atom is 0.124 e. The van der Waals surface area contributed by atoms with Crippen LogP contribution in [0.4, 0.5) is 0 Å². The van der Waals surface area contributed by atoms with E-state index in [9.17, 15) is 0 Å². The molecule has 3 aromatic rings. The molecule has 1 aromatic heterocycles. The van der Waals surface area contributed by atoms with Crippen LogP contribution in [0.3, 0.4) is 0 Å². The van der Waals surface area contributed by atoms with Gasteiger partial charge >= 0.3 is 0 Å². The van der Waals surface area contributed by atoms with E-state index < -0.39 is 0 Å². The average molecular weight is 416 g/mol. The topological polar surface area (TPSA) is 39.5 Å². The Balaban J connectivity index is 0.00000240. The van der Waals surface area contributed by atoms with Crippen molar-refractivity contribution in [2.45, 2.75) is 33.4 Å². The third-order valence-corrected chi connectivity index (χ3v) is 5.33. The highest BCUT2D eigenvalue weighted by Gasteiger charge is 2.16. The van der Waals surface area contributed by atoms with Crippen LogP contribution < -0.4 is 4.74 Å². The number of fused-ring (bicyclic) bond motifs is 1. The highest BCUT2D eigenvalue weighted by molar-refractivity contribution is 5.85. The van der Waals surface area contributed by atoms with E-state index in [0.717, 1.165) is 62.9 Å². The minimum Gasteiger partial charge on any atom is -0.493 e. The molecule has 0 spiro atoms. The molecule has 0 saturated carbocycles. The van der Waals surface area contributed by atoms with Crippen molar-refractivity contribution in [3.63, 3.8) is 0 Å². The Bertz CT molecular complexity index is 935. The zero-order valence-corrected chi connectivity index (χ0v) is 18.1. The molecule has 1 saturated heterocycles. The number of benzene rings is 2. The molecule has 2 heterocycles. The molecule has 0 N–H and O–H groups in total. The highest BCUT2D eigenvalue weighted by atomic mass is 35.5. The van der Waals surface area contributed by atoms with Gasteiger partial charge in [-0.3, -0.25) is 4.90 Å². The number of halogens is 1. The molecule has 1 aliphatic rings. The molecule has 6 heteroatoms. The minimum atomic E-state index is 0. The summed E-state index contributed by atoms with van der Waals surface area (Å²) in [5.74, 6) is 2.12. The van der Waals surface area contributed by atoms with Crippen molar-refractivity contribution in [1.29, 1.82) is 0 Å². The monoisotopic (exact) mass is 415 g/mol. The first-order valence-corrected chi connectivity index (χ1v) is 10.1. The van der Waals surface area contributed by atoms with Gasteiger partial charge in [0.1, 0.15) is 11.6 Å². The summed E-state index contributed by atoms with van der Waals surface area (Å²) in [5.41, 5.74) is 4.69. The second-order valence-corrected chi connectivity index (χ2v) is 7.53. The van der Waals surface area contributed by atoms with Crippen LogP contribution in [0.2, 0.25) is 0 Å². The Morgan fingerprint density at radius 1 is 1.07 bits per heavy atom. The molecule has 1 aliphatic heterocycles. The van der Waals surface area contributed by atoms with Gasteiger partial charge < -0.3 is 14.0 Å². The fraction of sp³-hybridized carbons (Fsp3) is 0.435. The maximum atomic E-state index is 6.06. The average Bonchev–Trinajstić information content (AvgIpc) is 3.05. The largest absolute Gasteiger partial charge is 0.493 e. The third-order valence-electron chi connectivity index (χ3n) is 5.33. The molecule has 0 atom stereocenters. The Morgan fingerprint density at radius 2 is 1.86 bits per heavy atom. The van der Waals surface area contributed by atoms with E-state index in [1.807, 2.05) is 0 Å². The minimum absolute atomic E-state index is 0. The van der Waals surface area contributed by atoms with E-state index in [1.165, 1.54) is 16.6 Å². The first-order valence-electron chi connectivity index (χ1n) is 10.1. The SMILES string of the molecule is Cc1ccc(C)c(OCCCn2c(CN3CCOCC3)nc3ccccc32)c1.Cl. The summed E-state index contributed by atoms with van der Waals surface area (Å²) in [5, 5.41) is 0. The molecule has 0 aliphatic carbocycles. The number of aryl methyl sites for hydroxylation is 3. The van der Waals surface area contributed by atoms with Crippen molar-refractivity contribution in [2.24, 2.45) is 0 Å². The van der Waals surface area contributed by atoms with Gasteiger partial charge in [-0.1, -0.05) is 24.3 Å². The number of ether oxygens (including phenoxy) is 2. The lowest BCUT2D eigenvalue weighted by molar-refractivity contribution is 0.0326. The molecule has 29 heavy (non-hydrogen) atoms. The van der Waals surface area contributed by atoms with E-state index in [-0.39, 0.29) is 12.4 Å². The molecule has 0 amide bonds. The molecule has 0 bridgehead atoms. The number of rotatable bonds is 7. The van der Waals surface area contributed by atoms with Crippen molar-refractivity contribution in [2.75, 3.05) is 32.9 Å². The second-order valence-electron chi connectivity index (χ2n) is 7.53. The Labute approximate surface area is 179 Å². The van der Waals surface area contributed by atoms with Gasteiger partial charge in [0.15, 0.2) is 0 Å². The number of para-hydroxylation sites is 2. The summed E-state index contributed by atoms with van der Waals surface area (Å²) in [6.07, 6.45) is 0.948. The van der Waals surface area contributed by atoms with Crippen molar-refractivity contribution >= 4 is 23.4 Å². The Morgan fingerprint density at radius 3 is 2.69 bits per heavy atom. The summed E-state index contributed by atoms with van der Waals surface area (Å²) in [6.45, 7) is 10.2. The second kappa shape index (κ2) is 10.1. The molecule has 156 valence electrons. The van der Waals surface area contributed by atoms with Gasteiger partial charge in [-0.15, -0.1) is 12.4 Å².